The fourth-order valence-electron chi connectivity index (χ4n) is 1.82. The average molecular weight is 233 g/mol. The molecule has 0 aromatic heterocycles. The van der Waals surface area contributed by atoms with Crippen LogP contribution in [0.1, 0.15) is 18.4 Å². The number of benzene rings is 1. The zero-order valence-electron chi connectivity index (χ0n) is 10.4. The Labute approximate surface area is 102 Å². The van der Waals surface area contributed by atoms with Crippen molar-refractivity contribution in [1.29, 1.82) is 0 Å². The van der Waals surface area contributed by atoms with Gasteiger partial charge in [-0.1, -0.05) is 18.2 Å². The predicted molar refractivity (Wildman–Crippen MR) is 69.9 cm³/mol. The monoisotopic (exact) mass is 233 g/mol. The van der Waals surface area contributed by atoms with Gasteiger partial charge >= 0.3 is 0 Å². The first-order valence-electron chi connectivity index (χ1n) is 5.92. The number of allylic oxidation sites excluding steroid dienone is 2. The van der Waals surface area contributed by atoms with Crippen LogP contribution in [0.15, 0.2) is 30.3 Å². The van der Waals surface area contributed by atoms with Gasteiger partial charge in [0.2, 0.25) is 0 Å². The second-order valence-electron chi connectivity index (χ2n) is 4.13. The lowest BCUT2D eigenvalue weighted by Crippen LogP contribution is -2.23. The maximum absolute atomic E-state index is 5.12. The highest BCUT2D eigenvalue weighted by molar-refractivity contribution is 5.71. The molecule has 1 aromatic carbocycles. The van der Waals surface area contributed by atoms with Crippen molar-refractivity contribution in [3.8, 4) is 0 Å². The van der Waals surface area contributed by atoms with Crippen LogP contribution in [0.5, 0.6) is 0 Å². The molecule has 2 rings (SSSR count). The summed E-state index contributed by atoms with van der Waals surface area (Å²) in [5, 5.41) is 3.28. The highest BCUT2D eigenvalue weighted by Crippen LogP contribution is 2.29. The van der Waals surface area contributed by atoms with E-state index in [4.69, 9.17) is 9.47 Å². The third-order valence-electron chi connectivity index (χ3n) is 3.06. The number of nitrogens with one attached hydrogen (secondary N) is 1. The summed E-state index contributed by atoms with van der Waals surface area (Å²) in [6, 6.07) is 8.50. The first-order chi connectivity index (χ1) is 8.33. The van der Waals surface area contributed by atoms with Crippen molar-refractivity contribution in [1.82, 2.24) is 0 Å². The van der Waals surface area contributed by atoms with Crippen LogP contribution >= 0.6 is 0 Å². The number of hydrogen-bond donors (Lipinski definition) is 1. The van der Waals surface area contributed by atoms with Crippen molar-refractivity contribution in [3.05, 3.63) is 35.9 Å². The molecule has 17 heavy (non-hydrogen) atoms. The van der Waals surface area contributed by atoms with Crippen LogP contribution in [0.4, 0.5) is 5.69 Å². The number of ether oxygens (including phenoxy) is 2. The van der Waals surface area contributed by atoms with Crippen molar-refractivity contribution in [2.75, 3.05) is 26.1 Å². The van der Waals surface area contributed by atoms with Crippen molar-refractivity contribution < 1.29 is 9.47 Å². The second kappa shape index (κ2) is 5.84. The first kappa shape index (κ1) is 12.1. The van der Waals surface area contributed by atoms with Crippen LogP contribution in [0.3, 0.4) is 0 Å². The number of hydrogen-bond acceptors (Lipinski definition) is 3. The average Bonchev–Trinajstić information content (AvgIpc) is 2.30. The Balaban J connectivity index is 1.89. The molecule has 0 bridgehead atoms. The van der Waals surface area contributed by atoms with Crippen molar-refractivity contribution in [2.24, 2.45) is 0 Å². The van der Waals surface area contributed by atoms with Gasteiger partial charge in [-0.05, 0) is 36.1 Å². The van der Waals surface area contributed by atoms with E-state index in [-0.39, 0.29) is 6.29 Å². The number of methoxy groups -OCH3 is 2. The van der Waals surface area contributed by atoms with Crippen LogP contribution in [0.2, 0.25) is 0 Å². The Kier molecular flexibility index (Phi) is 4.18. The third-order valence-corrected chi connectivity index (χ3v) is 3.06. The van der Waals surface area contributed by atoms with Crippen LogP contribution in [0, 0.1) is 0 Å². The van der Waals surface area contributed by atoms with Crippen molar-refractivity contribution >= 4 is 11.3 Å². The normalized spacial score (nSPS) is 14.4. The summed E-state index contributed by atoms with van der Waals surface area (Å²) < 4.78 is 10.2. The van der Waals surface area contributed by atoms with Crippen LogP contribution in [-0.4, -0.2) is 27.1 Å². The molecule has 3 nitrogen and oxygen atoms in total. The molecule has 1 aromatic rings. The fraction of sp³-hybridized carbons (Fsp3) is 0.429. The van der Waals surface area contributed by atoms with Gasteiger partial charge in [-0.25, -0.2) is 0 Å². The van der Waals surface area contributed by atoms with E-state index in [1.165, 1.54) is 24.0 Å². The van der Waals surface area contributed by atoms with Gasteiger partial charge in [-0.15, -0.1) is 0 Å². The lowest BCUT2D eigenvalue weighted by atomic mass is 9.92. The van der Waals surface area contributed by atoms with Gasteiger partial charge in [-0.3, -0.25) is 0 Å². The summed E-state index contributed by atoms with van der Waals surface area (Å²) in [6.45, 7) is 0.648. The SMILES string of the molecule is COC(CNc1ccc(C2=CCC2)cc1)OC. The molecular weight excluding hydrogens is 214 g/mol. The Morgan fingerprint density at radius 2 is 1.82 bits per heavy atom. The van der Waals surface area contributed by atoms with E-state index in [2.05, 4.69) is 35.7 Å². The quantitative estimate of drug-likeness (QED) is 0.766. The highest BCUT2D eigenvalue weighted by Gasteiger charge is 2.08. The van der Waals surface area contributed by atoms with E-state index in [0.29, 0.717) is 6.54 Å². The summed E-state index contributed by atoms with van der Waals surface area (Å²) in [6.07, 6.45) is 4.51. The molecule has 0 amide bonds. The lowest BCUT2D eigenvalue weighted by molar-refractivity contribution is -0.0914. The molecule has 0 unspecified atom stereocenters. The minimum absolute atomic E-state index is 0.205. The Bertz CT molecular complexity index is 380. The number of rotatable bonds is 6. The van der Waals surface area contributed by atoms with Crippen molar-refractivity contribution in [2.45, 2.75) is 19.1 Å². The fourth-order valence-corrected chi connectivity index (χ4v) is 1.82. The van der Waals surface area contributed by atoms with Crippen LogP contribution < -0.4 is 5.32 Å². The zero-order valence-corrected chi connectivity index (χ0v) is 10.4. The maximum atomic E-state index is 5.12. The molecule has 92 valence electrons. The van der Waals surface area contributed by atoms with Gasteiger partial charge in [0.1, 0.15) is 0 Å². The van der Waals surface area contributed by atoms with Gasteiger partial charge in [-0.2, -0.15) is 0 Å². The van der Waals surface area contributed by atoms with Gasteiger partial charge in [0.15, 0.2) is 6.29 Å². The van der Waals surface area contributed by atoms with E-state index < -0.39 is 0 Å². The van der Waals surface area contributed by atoms with Crippen LogP contribution in [-0.2, 0) is 9.47 Å². The standard InChI is InChI=1S/C14H19NO2/c1-16-14(17-2)10-15-13-8-6-12(7-9-13)11-4-3-5-11/h4,6-9,14-15H,3,5,10H2,1-2H3. The summed E-state index contributed by atoms with van der Waals surface area (Å²) in [4.78, 5) is 0. The molecule has 0 radical (unpaired) electrons. The van der Waals surface area contributed by atoms with E-state index >= 15 is 0 Å². The lowest BCUT2D eigenvalue weighted by Gasteiger charge is -2.17. The summed E-state index contributed by atoms with van der Waals surface area (Å²) in [5.74, 6) is 0. The minimum Gasteiger partial charge on any atom is -0.380 e. The molecule has 0 heterocycles. The minimum atomic E-state index is -0.205. The molecule has 0 atom stereocenters. The van der Waals surface area contributed by atoms with Crippen molar-refractivity contribution in [3.63, 3.8) is 0 Å². The molecule has 0 spiro atoms. The first-order valence-corrected chi connectivity index (χ1v) is 5.92. The Morgan fingerprint density at radius 3 is 2.29 bits per heavy atom. The molecule has 0 saturated heterocycles. The van der Waals surface area contributed by atoms with Gasteiger partial charge in [0, 0.05) is 19.9 Å². The Hall–Kier alpha value is -1.32. The molecule has 0 fully saturated rings. The molecule has 0 aliphatic heterocycles. The predicted octanol–water partition coefficient (Wildman–Crippen LogP) is 2.89. The third kappa shape index (κ3) is 3.08. The van der Waals surface area contributed by atoms with E-state index in [0.717, 1.165) is 5.69 Å². The van der Waals surface area contributed by atoms with E-state index in [9.17, 15) is 0 Å². The molecule has 1 aliphatic carbocycles. The Morgan fingerprint density at radius 1 is 1.18 bits per heavy atom. The molecular formula is C14H19NO2. The second-order valence-corrected chi connectivity index (χ2v) is 4.13. The van der Waals surface area contributed by atoms with Gasteiger partial charge in [0.05, 0.1) is 6.54 Å². The molecule has 3 heteroatoms. The largest absolute Gasteiger partial charge is 0.380 e. The zero-order chi connectivity index (χ0) is 12.1. The van der Waals surface area contributed by atoms with E-state index in [1.54, 1.807) is 14.2 Å². The number of anilines is 1. The molecule has 1 aliphatic rings. The molecule has 1 N–H and O–H groups in total. The van der Waals surface area contributed by atoms with Gasteiger partial charge < -0.3 is 14.8 Å². The molecule has 0 saturated carbocycles. The van der Waals surface area contributed by atoms with E-state index in [1.807, 2.05) is 0 Å². The summed E-state index contributed by atoms with van der Waals surface area (Å²) in [7, 11) is 3.28. The summed E-state index contributed by atoms with van der Waals surface area (Å²) >= 11 is 0. The summed E-state index contributed by atoms with van der Waals surface area (Å²) in [5.41, 5.74) is 3.88. The maximum Gasteiger partial charge on any atom is 0.173 e. The topological polar surface area (TPSA) is 30.5 Å². The highest BCUT2D eigenvalue weighted by atomic mass is 16.7. The van der Waals surface area contributed by atoms with Gasteiger partial charge in [0.25, 0.3) is 0 Å². The smallest absolute Gasteiger partial charge is 0.173 e. The van der Waals surface area contributed by atoms with Crippen LogP contribution in [0.25, 0.3) is 5.57 Å².